The van der Waals surface area contributed by atoms with Gasteiger partial charge in [-0.3, -0.25) is 4.90 Å². The van der Waals surface area contributed by atoms with Gasteiger partial charge in [-0.1, -0.05) is 31.2 Å². The number of nitrogens with zero attached hydrogens (tertiary/aromatic N) is 1. The third-order valence-corrected chi connectivity index (χ3v) is 4.09. The van der Waals surface area contributed by atoms with E-state index in [0.29, 0.717) is 18.5 Å². The third-order valence-electron chi connectivity index (χ3n) is 4.09. The third kappa shape index (κ3) is 3.51. The van der Waals surface area contributed by atoms with E-state index < -0.39 is 6.43 Å². The van der Waals surface area contributed by atoms with Crippen molar-refractivity contribution in [3.05, 3.63) is 35.4 Å². The maximum Gasteiger partial charge on any atom is 0.263 e. The smallest absolute Gasteiger partial charge is 0.263 e. The molecular weight excluding hydrogens is 246 g/mol. The molecule has 1 aromatic carbocycles. The zero-order chi connectivity index (χ0) is 13.8. The van der Waals surface area contributed by atoms with Gasteiger partial charge in [0.1, 0.15) is 0 Å². The summed E-state index contributed by atoms with van der Waals surface area (Å²) in [7, 11) is 0. The molecule has 1 aliphatic rings. The first-order chi connectivity index (χ1) is 9.11. The second-order valence-electron chi connectivity index (χ2n) is 5.44. The molecule has 2 rings (SSSR count). The van der Waals surface area contributed by atoms with Crippen LogP contribution in [0.5, 0.6) is 0 Å². The van der Waals surface area contributed by atoms with Crippen molar-refractivity contribution in [1.29, 1.82) is 0 Å². The molecule has 19 heavy (non-hydrogen) atoms. The second kappa shape index (κ2) is 6.44. The first-order valence-corrected chi connectivity index (χ1v) is 6.93. The Hall–Kier alpha value is -1.00. The van der Waals surface area contributed by atoms with Crippen LogP contribution in [0.1, 0.15) is 37.3 Å². The molecule has 1 saturated heterocycles. The van der Waals surface area contributed by atoms with Gasteiger partial charge >= 0.3 is 0 Å². The Balaban J connectivity index is 2.03. The molecular formula is C15H22F2N2. The molecule has 0 radical (unpaired) electrons. The minimum atomic E-state index is -2.39. The topological polar surface area (TPSA) is 29.3 Å². The fourth-order valence-corrected chi connectivity index (χ4v) is 2.92. The number of hydrogen-bond donors (Lipinski definition) is 1. The molecule has 0 aromatic heterocycles. The first kappa shape index (κ1) is 14.4. The summed E-state index contributed by atoms with van der Waals surface area (Å²) in [6.07, 6.45) is 0.0241. The lowest BCUT2D eigenvalue weighted by Gasteiger charge is -2.39. The van der Waals surface area contributed by atoms with Gasteiger partial charge in [-0.25, -0.2) is 8.78 Å². The van der Waals surface area contributed by atoms with Crippen LogP contribution in [0.4, 0.5) is 8.78 Å². The zero-order valence-corrected chi connectivity index (χ0v) is 11.4. The van der Waals surface area contributed by atoms with Gasteiger partial charge in [-0.05, 0) is 30.9 Å². The predicted molar refractivity (Wildman–Crippen MR) is 73.0 cm³/mol. The zero-order valence-electron chi connectivity index (χ0n) is 11.4. The van der Waals surface area contributed by atoms with Crippen LogP contribution in [0.25, 0.3) is 0 Å². The lowest BCUT2D eigenvalue weighted by Crippen LogP contribution is -2.47. The van der Waals surface area contributed by atoms with Gasteiger partial charge in [-0.15, -0.1) is 0 Å². The predicted octanol–water partition coefficient (Wildman–Crippen LogP) is 3.18. The highest BCUT2D eigenvalue weighted by atomic mass is 19.3. The second-order valence-corrected chi connectivity index (χ2v) is 5.44. The summed E-state index contributed by atoms with van der Waals surface area (Å²) in [5.41, 5.74) is 7.03. The first-order valence-electron chi connectivity index (χ1n) is 6.93. The number of halogens is 2. The van der Waals surface area contributed by atoms with E-state index in [4.69, 9.17) is 5.73 Å². The Morgan fingerprint density at radius 1 is 1.32 bits per heavy atom. The molecule has 2 unspecified atom stereocenters. The average molecular weight is 268 g/mol. The van der Waals surface area contributed by atoms with Gasteiger partial charge in [0.25, 0.3) is 6.43 Å². The molecule has 1 heterocycles. The lowest BCUT2D eigenvalue weighted by atomic mass is 9.90. The van der Waals surface area contributed by atoms with Crippen LogP contribution in [0.2, 0.25) is 0 Å². The van der Waals surface area contributed by atoms with Gasteiger partial charge < -0.3 is 5.73 Å². The molecule has 2 nitrogen and oxygen atoms in total. The number of piperidine rings is 1. The molecule has 4 heteroatoms. The van der Waals surface area contributed by atoms with Crippen LogP contribution in [-0.4, -0.2) is 24.0 Å². The van der Waals surface area contributed by atoms with Crippen molar-refractivity contribution >= 4 is 0 Å². The Morgan fingerprint density at radius 2 is 2.00 bits per heavy atom. The number of nitrogens with two attached hydrogens (primary N) is 1. The maximum atomic E-state index is 12.5. The minimum absolute atomic E-state index is 0.0890. The summed E-state index contributed by atoms with van der Waals surface area (Å²) in [6, 6.07) is 7.04. The Kier molecular flexibility index (Phi) is 4.88. The quantitative estimate of drug-likeness (QED) is 0.908. The van der Waals surface area contributed by atoms with Crippen LogP contribution in [0.3, 0.4) is 0 Å². The van der Waals surface area contributed by atoms with E-state index in [9.17, 15) is 8.78 Å². The standard InChI is InChI=1S/C15H22F2N2/c1-11-3-2-8-19(14(11)9-18)10-12-4-6-13(7-5-12)15(16)17/h4-7,11,14-15H,2-3,8-10,18H2,1H3. The summed E-state index contributed by atoms with van der Waals surface area (Å²) >= 11 is 0. The lowest BCUT2D eigenvalue weighted by molar-refractivity contribution is 0.0990. The molecule has 106 valence electrons. The number of alkyl halides is 2. The van der Waals surface area contributed by atoms with Crippen molar-refractivity contribution in [2.24, 2.45) is 11.7 Å². The van der Waals surface area contributed by atoms with Gasteiger partial charge in [0.2, 0.25) is 0 Å². The van der Waals surface area contributed by atoms with Gasteiger partial charge in [0, 0.05) is 24.7 Å². The van der Waals surface area contributed by atoms with Crippen molar-refractivity contribution in [3.63, 3.8) is 0 Å². The Labute approximate surface area is 113 Å². The SMILES string of the molecule is CC1CCCN(Cc2ccc(C(F)F)cc2)C1CN. The number of hydrogen-bond acceptors (Lipinski definition) is 2. The highest BCUT2D eigenvalue weighted by Crippen LogP contribution is 2.25. The van der Waals surface area contributed by atoms with Crippen LogP contribution in [0.15, 0.2) is 24.3 Å². The summed E-state index contributed by atoms with van der Waals surface area (Å²) in [5, 5.41) is 0. The summed E-state index contributed by atoms with van der Waals surface area (Å²) in [6.45, 7) is 4.75. The fourth-order valence-electron chi connectivity index (χ4n) is 2.92. The molecule has 2 atom stereocenters. The van der Waals surface area contributed by atoms with Crippen molar-refractivity contribution in [2.75, 3.05) is 13.1 Å². The van der Waals surface area contributed by atoms with Gasteiger partial charge in [-0.2, -0.15) is 0 Å². The highest BCUT2D eigenvalue weighted by Gasteiger charge is 2.27. The van der Waals surface area contributed by atoms with E-state index in [1.807, 2.05) is 0 Å². The minimum Gasteiger partial charge on any atom is -0.329 e. The number of rotatable bonds is 4. The van der Waals surface area contributed by atoms with Crippen molar-refractivity contribution in [1.82, 2.24) is 4.90 Å². The van der Waals surface area contributed by atoms with E-state index in [-0.39, 0.29) is 5.56 Å². The summed E-state index contributed by atoms with van der Waals surface area (Å²) in [4.78, 5) is 2.38. The summed E-state index contributed by atoms with van der Waals surface area (Å²) < 4.78 is 25.0. The average Bonchev–Trinajstić information content (AvgIpc) is 2.39. The van der Waals surface area contributed by atoms with E-state index in [2.05, 4.69) is 11.8 Å². The number of likely N-dealkylation sites (tertiary alicyclic amines) is 1. The maximum absolute atomic E-state index is 12.5. The normalized spacial score (nSPS) is 24.9. The largest absolute Gasteiger partial charge is 0.329 e. The van der Waals surface area contributed by atoms with Crippen LogP contribution >= 0.6 is 0 Å². The van der Waals surface area contributed by atoms with E-state index in [1.165, 1.54) is 25.0 Å². The fraction of sp³-hybridized carbons (Fsp3) is 0.600. The van der Waals surface area contributed by atoms with E-state index >= 15 is 0 Å². The highest BCUT2D eigenvalue weighted by molar-refractivity contribution is 5.23. The van der Waals surface area contributed by atoms with Crippen molar-refractivity contribution < 1.29 is 8.78 Å². The number of benzene rings is 1. The molecule has 2 N–H and O–H groups in total. The molecule has 1 aliphatic heterocycles. The Morgan fingerprint density at radius 3 is 2.58 bits per heavy atom. The monoisotopic (exact) mass is 268 g/mol. The molecule has 1 fully saturated rings. The van der Waals surface area contributed by atoms with Gasteiger partial charge in [0.05, 0.1) is 0 Å². The van der Waals surface area contributed by atoms with Crippen LogP contribution in [0, 0.1) is 5.92 Å². The van der Waals surface area contributed by atoms with Crippen molar-refractivity contribution in [3.8, 4) is 0 Å². The molecule has 0 aliphatic carbocycles. The van der Waals surface area contributed by atoms with Gasteiger partial charge in [0.15, 0.2) is 0 Å². The summed E-state index contributed by atoms with van der Waals surface area (Å²) in [5.74, 6) is 0.610. The van der Waals surface area contributed by atoms with Crippen molar-refractivity contribution in [2.45, 2.75) is 38.8 Å². The molecule has 0 amide bonds. The van der Waals surface area contributed by atoms with E-state index in [1.54, 1.807) is 12.1 Å². The molecule has 0 saturated carbocycles. The van der Waals surface area contributed by atoms with Crippen LogP contribution < -0.4 is 5.73 Å². The molecule has 0 bridgehead atoms. The Bertz CT molecular complexity index is 392. The molecule has 1 aromatic rings. The molecule has 0 spiro atoms. The van der Waals surface area contributed by atoms with Crippen LogP contribution in [-0.2, 0) is 6.54 Å². The van der Waals surface area contributed by atoms with E-state index in [0.717, 1.165) is 18.7 Å².